The minimum Gasteiger partial charge on any atom is -0.392 e. The summed E-state index contributed by atoms with van der Waals surface area (Å²) in [6, 6.07) is 0. The SMILES string of the molecule is C#CC#CC12CC(O)C(/C=C/C(O)CCCCC)C1CC(CCCC(=O)S)=N2. The molecule has 0 aromatic carbocycles. The van der Waals surface area contributed by atoms with Gasteiger partial charge < -0.3 is 10.2 Å². The van der Waals surface area contributed by atoms with E-state index in [1.165, 1.54) is 0 Å². The fourth-order valence-corrected chi connectivity index (χ4v) is 4.50. The molecule has 0 radical (unpaired) electrons. The minimum atomic E-state index is -0.658. The van der Waals surface area contributed by atoms with Gasteiger partial charge in [-0.1, -0.05) is 44.3 Å². The van der Waals surface area contributed by atoms with Crippen LogP contribution in [0.3, 0.4) is 0 Å². The largest absolute Gasteiger partial charge is 0.392 e. The van der Waals surface area contributed by atoms with Crippen molar-refractivity contribution >= 4 is 23.5 Å². The maximum absolute atomic E-state index is 11.1. The van der Waals surface area contributed by atoms with E-state index in [2.05, 4.69) is 37.3 Å². The van der Waals surface area contributed by atoms with E-state index in [0.717, 1.165) is 44.2 Å². The quantitative estimate of drug-likeness (QED) is 0.228. The minimum absolute atomic E-state index is 0.0455. The second-order valence-corrected chi connectivity index (χ2v) is 8.35. The fraction of sp³-hybridized carbons (Fsp3) is 0.652. The molecular formula is C23H31NO3S. The van der Waals surface area contributed by atoms with Gasteiger partial charge in [0.15, 0.2) is 5.12 Å². The van der Waals surface area contributed by atoms with Gasteiger partial charge in [-0.05, 0) is 37.5 Å². The van der Waals surface area contributed by atoms with Crippen LogP contribution >= 0.6 is 12.6 Å². The molecule has 1 fully saturated rings. The van der Waals surface area contributed by atoms with Gasteiger partial charge in [-0.15, -0.1) is 19.1 Å². The smallest absolute Gasteiger partial charge is 0.185 e. The number of aliphatic imine (C=N–C) groups is 1. The highest BCUT2D eigenvalue weighted by atomic mass is 32.1. The summed E-state index contributed by atoms with van der Waals surface area (Å²) >= 11 is 3.82. The zero-order valence-electron chi connectivity index (χ0n) is 16.6. The van der Waals surface area contributed by atoms with Crippen molar-refractivity contribution in [1.29, 1.82) is 0 Å². The highest BCUT2D eigenvalue weighted by Crippen LogP contribution is 2.50. The Morgan fingerprint density at radius 2 is 2.25 bits per heavy atom. The number of unbranched alkanes of at least 4 members (excludes halogenated alkanes) is 2. The summed E-state index contributed by atoms with van der Waals surface area (Å²) in [5.74, 6) is 8.11. The third-order valence-electron chi connectivity index (χ3n) is 5.72. The van der Waals surface area contributed by atoms with Crippen molar-refractivity contribution in [3.05, 3.63) is 12.2 Å². The maximum atomic E-state index is 11.1. The predicted octanol–water partition coefficient (Wildman–Crippen LogP) is 3.33. The lowest BCUT2D eigenvalue weighted by molar-refractivity contribution is -0.110. The number of nitrogens with zero attached hydrogens (tertiary/aromatic N) is 1. The topological polar surface area (TPSA) is 69.9 Å². The Labute approximate surface area is 174 Å². The summed E-state index contributed by atoms with van der Waals surface area (Å²) in [5, 5.41) is 20.7. The van der Waals surface area contributed by atoms with Gasteiger partial charge in [-0.2, -0.15) is 0 Å². The monoisotopic (exact) mass is 401 g/mol. The van der Waals surface area contributed by atoms with E-state index in [1.807, 2.05) is 12.2 Å². The Morgan fingerprint density at radius 1 is 1.46 bits per heavy atom. The number of aliphatic hydroxyl groups excluding tert-OH is 2. The molecule has 1 heterocycles. The molecule has 5 unspecified atom stereocenters. The van der Waals surface area contributed by atoms with Gasteiger partial charge in [0.1, 0.15) is 5.54 Å². The van der Waals surface area contributed by atoms with Crippen LogP contribution in [0.5, 0.6) is 0 Å². The van der Waals surface area contributed by atoms with Crippen LogP contribution in [0, 0.1) is 36.0 Å². The first-order chi connectivity index (χ1) is 13.4. The number of carbonyl (C=O) groups excluding carboxylic acids is 1. The molecule has 0 aromatic rings. The number of hydrogen-bond acceptors (Lipinski definition) is 4. The number of hydrogen-bond donors (Lipinski definition) is 3. The zero-order valence-corrected chi connectivity index (χ0v) is 17.5. The van der Waals surface area contributed by atoms with Crippen LogP contribution in [0.1, 0.15) is 64.7 Å². The van der Waals surface area contributed by atoms with Gasteiger partial charge in [-0.3, -0.25) is 9.79 Å². The van der Waals surface area contributed by atoms with Crippen LogP contribution in [0.25, 0.3) is 0 Å². The van der Waals surface area contributed by atoms with E-state index in [-0.39, 0.29) is 17.0 Å². The third kappa shape index (κ3) is 5.98. The van der Waals surface area contributed by atoms with Gasteiger partial charge in [0.05, 0.1) is 12.2 Å². The first-order valence-corrected chi connectivity index (χ1v) is 10.7. The van der Waals surface area contributed by atoms with Crippen molar-refractivity contribution in [2.24, 2.45) is 16.8 Å². The summed E-state index contributed by atoms with van der Waals surface area (Å²) in [6.07, 6.45) is 15.0. The molecule has 0 spiro atoms. The molecule has 0 bridgehead atoms. The molecule has 2 N–H and O–H groups in total. The number of thiol groups is 1. The lowest BCUT2D eigenvalue weighted by Crippen LogP contribution is -2.27. The standard InChI is InChI=1S/C23H31NO3S/c1-3-5-7-10-18(25)12-13-19-20-15-17(9-8-11-22(27)28)24-23(20,14-6-4-2)16-21(19)26/h2,12-13,18-21,25-26H,3,5,7-11,15-16H2,1H3,(H,27,28)/b13-12+. The van der Waals surface area contributed by atoms with Gasteiger partial charge in [0.25, 0.3) is 0 Å². The zero-order chi connectivity index (χ0) is 20.6. The van der Waals surface area contributed by atoms with E-state index in [0.29, 0.717) is 19.3 Å². The Morgan fingerprint density at radius 3 is 2.93 bits per heavy atom. The average molecular weight is 402 g/mol. The van der Waals surface area contributed by atoms with Crippen LogP contribution in [-0.4, -0.2) is 38.8 Å². The Balaban J connectivity index is 2.10. The molecule has 152 valence electrons. The fourth-order valence-electron chi connectivity index (χ4n) is 4.34. The van der Waals surface area contributed by atoms with E-state index in [4.69, 9.17) is 11.4 Å². The Hall–Kier alpha value is -1.53. The molecule has 0 saturated heterocycles. The van der Waals surface area contributed by atoms with E-state index >= 15 is 0 Å². The first-order valence-electron chi connectivity index (χ1n) is 10.2. The van der Waals surface area contributed by atoms with Crippen molar-refractivity contribution in [2.45, 2.75) is 82.5 Å². The molecule has 1 aliphatic carbocycles. The lowest BCUT2D eigenvalue weighted by atomic mass is 9.82. The van der Waals surface area contributed by atoms with Gasteiger partial charge in [0, 0.05) is 30.4 Å². The second kappa shape index (κ2) is 10.9. The van der Waals surface area contributed by atoms with Crippen LogP contribution in [0.2, 0.25) is 0 Å². The van der Waals surface area contributed by atoms with Gasteiger partial charge in [-0.25, -0.2) is 0 Å². The third-order valence-corrected chi connectivity index (χ3v) is 5.95. The molecule has 28 heavy (non-hydrogen) atoms. The predicted molar refractivity (Wildman–Crippen MR) is 116 cm³/mol. The highest BCUT2D eigenvalue weighted by molar-refractivity contribution is 7.96. The summed E-state index contributed by atoms with van der Waals surface area (Å²) in [4.78, 5) is 15.9. The average Bonchev–Trinajstić information content (AvgIpc) is 3.10. The number of terminal acetylenes is 1. The number of aliphatic hydroxyl groups is 2. The van der Waals surface area contributed by atoms with Crippen LogP contribution in [0.15, 0.2) is 17.1 Å². The highest BCUT2D eigenvalue weighted by Gasteiger charge is 2.54. The molecule has 5 heteroatoms. The Kier molecular flexibility index (Phi) is 8.83. The van der Waals surface area contributed by atoms with Crippen molar-refractivity contribution in [1.82, 2.24) is 0 Å². The van der Waals surface area contributed by atoms with Crippen LogP contribution in [0.4, 0.5) is 0 Å². The first kappa shape index (κ1) is 22.8. The molecule has 1 aliphatic heterocycles. The summed E-state index contributed by atoms with van der Waals surface area (Å²) in [5.41, 5.74) is 0.369. The molecule has 2 aliphatic rings. The summed E-state index contributed by atoms with van der Waals surface area (Å²) in [6.45, 7) is 2.14. The number of carbonyl (C=O) groups is 1. The van der Waals surface area contributed by atoms with E-state index in [1.54, 1.807) is 0 Å². The van der Waals surface area contributed by atoms with E-state index in [9.17, 15) is 15.0 Å². The number of rotatable bonds is 10. The van der Waals surface area contributed by atoms with Crippen LogP contribution in [-0.2, 0) is 4.79 Å². The van der Waals surface area contributed by atoms with Crippen molar-refractivity contribution in [3.8, 4) is 24.2 Å². The molecule has 5 atom stereocenters. The van der Waals surface area contributed by atoms with Gasteiger partial charge in [0.2, 0.25) is 0 Å². The molecule has 2 rings (SSSR count). The molecule has 0 amide bonds. The van der Waals surface area contributed by atoms with Crippen molar-refractivity contribution in [3.63, 3.8) is 0 Å². The molecule has 0 aromatic heterocycles. The molecular weight excluding hydrogens is 370 g/mol. The maximum Gasteiger partial charge on any atom is 0.185 e. The Bertz CT molecular complexity index is 712. The number of fused-ring (bicyclic) bond motifs is 1. The van der Waals surface area contributed by atoms with Crippen LogP contribution < -0.4 is 0 Å². The normalized spacial score (nSPS) is 29.7. The van der Waals surface area contributed by atoms with Crippen molar-refractivity contribution in [2.75, 3.05) is 0 Å². The van der Waals surface area contributed by atoms with Crippen molar-refractivity contribution < 1.29 is 15.0 Å². The second-order valence-electron chi connectivity index (χ2n) is 7.85. The summed E-state index contributed by atoms with van der Waals surface area (Å²) in [7, 11) is 0. The summed E-state index contributed by atoms with van der Waals surface area (Å²) < 4.78 is 0. The lowest BCUT2D eigenvalue weighted by Gasteiger charge is -2.22. The molecule has 4 nitrogen and oxygen atoms in total. The molecule has 1 saturated carbocycles. The van der Waals surface area contributed by atoms with E-state index < -0.39 is 17.7 Å². The van der Waals surface area contributed by atoms with Gasteiger partial charge >= 0.3 is 0 Å².